The lowest BCUT2D eigenvalue weighted by molar-refractivity contribution is -0.142. The number of carboxylic acids is 1. The third-order valence-electron chi connectivity index (χ3n) is 3.66. The van der Waals surface area contributed by atoms with E-state index in [1.807, 2.05) is 11.8 Å². The van der Waals surface area contributed by atoms with Crippen molar-refractivity contribution in [3.8, 4) is 0 Å². The average Bonchev–Trinajstić information content (AvgIpc) is 2.71. The summed E-state index contributed by atoms with van der Waals surface area (Å²) < 4.78 is 0. The predicted octanol–water partition coefficient (Wildman–Crippen LogP) is 2.07. The summed E-state index contributed by atoms with van der Waals surface area (Å²) in [6.07, 6.45) is 0.584. The Hall–Kier alpha value is -1.59. The summed E-state index contributed by atoms with van der Waals surface area (Å²) >= 11 is 5.85. The molecule has 2 N–H and O–H groups in total. The number of rotatable bonds is 4. The first kappa shape index (κ1) is 14.8. The number of hydrogen-bond donors (Lipinski definition) is 2. The van der Waals surface area contributed by atoms with Crippen molar-refractivity contribution in [3.63, 3.8) is 0 Å². The van der Waals surface area contributed by atoms with E-state index in [0.29, 0.717) is 23.7 Å². The van der Waals surface area contributed by atoms with E-state index < -0.39 is 11.9 Å². The van der Waals surface area contributed by atoms with Gasteiger partial charge >= 0.3 is 5.97 Å². The highest BCUT2D eigenvalue weighted by atomic mass is 35.5. The van der Waals surface area contributed by atoms with Crippen LogP contribution in [0, 0.1) is 5.92 Å². The van der Waals surface area contributed by atoms with Crippen molar-refractivity contribution in [1.82, 2.24) is 4.90 Å². The van der Waals surface area contributed by atoms with E-state index in [2.05, 4.69) is 5.32 Å². The van der Waals surface area contributed by atoms with Gasteiger partial charge in [0.2, 0.25) is 5.91 Å². The van der Waals surface area contributed by atoms with Crippen LogP contribution in [0.25, 0.3) is 0 Å². The monoisotopic (exact) mass is 296 g/mol. The summed E-state index contributed by atoms with van der Waals surface area (Å²) in [4.78, 5) is 24.9. The molecule has 6 heteroatoms. The van der Waals surface area contributed by atoms with Gasteiger partial charge in [-0.3, -0.25) is 14.5 Å². The van der Waals surface area contributed by atoms with Crippen molar-refractivity contribution in [3.05, 3.63) is 29.3 Å². The van der Waals surface area contributed by atoms with E-state index >= 15 is 0 Å². The number of halogens is 1. The number of anilines is 1. The Morgan fingerprint density at radius 3 is 2.85 bits per heavy atom. The topological polar surface area (TPSA) is 69.6 Å². The molecule has 1 saturated heterocycles. The first-order valence-corrected chi connectivity index (χ1v) is 6.87. The Labute approximate surface area is 122 Å². The highest BCUT2D eigenvalue weighted by molar-refractivity contribution is 6.30. The maximum absolute atomic E-state index is 12.0. The lowest BCUT2D eigenvalue weighted by Crippen LogP contribution is -2.38. The van der Waals surface area contributed by atoms with Crippen molar-refractivity contribution in [1.29, 1.82) is 0 Å². The third-order valence-corrected chi connectivity index (χ3v) is 3.89. The average molecular weight is 297 g/mol. The van der Waals surface area contributed by atoms with Crippen molar-refractivity contribution >= 4 is 29.2 Å². The molecule has 0 spiro atoms. The third kappa shape index (κ3) is 3.49. The van der Waals surface area contributed by atoms with Gasteiger partial charge in [0.15, 0.2) is 0 Å². The molecule has 1 aliphatic rings. The van der Waals surface area contributed by atoms with E-state index in [0.717, 1.165) is 0 Å². The minimum Gasteiger partial charge on any atom is -0.481 e. The molecule has 20 heavy (non-hydrogen) atoms. The SMILES string of the molecule is CC1C(C(=O)O)CCN1CC(=O)Nc1cccc(Cl)c1. The Morgan fingerprint density at radius 2 is 2.25 bits per heavy atom. The maximum Gasteiger partial charge on any atom is 0.308 e. The van der Waals surface area contributed by atoms with Crippen molar-refractivity contribution in [2.75, 3.05) is 18.4 Å². The number of likely N-dealkylation sites (tertiary alicyclic amines) is 1. The summed E-state index contributed by atoms with van der Waals surface area (Å²) in [5.41, 5.74) is 0.643. The smallest absolute Gasteiger partial charge is 0.308 e. The lowest BCUT2D eigenvalue weighted by Gasteiger charge is -2.22. The fourth-order valence-electron chi connectivity index (χ4n) is 2.51. The van der Waals surface area contributed by atoms with Gasteiger partial charge in [0.05, 0.1) is 12.5 Å². The number of carbonyl (C=O) groups excluding carboxylic acids is 1. The van der Waals surface area contributed by atoms with Gasteiger partial charge in [-0.25, -0.2) is 0 Å². The number of hydrogen-bond acceptors (Lipinski definition) is 3. The van der Waals surface area contributed by atoms with Gasteiger partial charge in [0, 0.05) is 16.8 Å². The zero-order valence-electron chi connectivity index (χ0n) is 11.2. The van der Waals surface area contributed by atoms with Crippen molar-refractivity contribution in [2.24, 2.45) is 5.92 Å². The Bertz CT molecular complexity index is 521. The summed E-state index contributed by atoms with van der Waals surface area (Å²) in [5.74, 6) is -1.35. The second kappa shape index (κ2) is 6.24. The normalized spacial score (nSPS) is 22.7. The van der Waals surface area contributed by atoms with Gasteiger partial charge in [-0.2, -0.15) is 0 Å². The van der Waals surface area contributed by atoms with E-state index in [4.69, 9.17) is 16.7 Å². The predicted molar refractivity (Wildman–Crippen MR) is 76.9 cm³/mol. The van der Waals surface area contributed by atoms with Crippen LogP contribution in [0.3, 0.4) is 0 Å². The summed E-state index contributed by atoms with van der Waals surface area (Å²) in [7, 11) is 0. The van der Waals surface area contributed by atoms with Crippen LogP contribution in [0.4, 0.5) is 5.69 Å². The van der Waals surface area contributed by atoms with E-state index in [1.54, 1.807) is 24.3 Å². The Morgan fingerprint density at radius 1 is 1.50 bits per heavy atom. The molecule has 1 amide bonds. The molecular weight excluding hydrogens is 280 g/mol. The van der Waals surface area contributed by atoms with Gasteiger partial charge in [-0.15, -0.1) is 0 Å². The fourth-order valence-corrected chi connectivity index (χ4v) is 2.70. The van der Waals surface area contributed by atoms with Gasteiger partial charge in [-0.1, -0.05) is 17.7 Å². The molecule has 1 aliphatic heterocycles. The van der Waals surface area contributed by atoms with Crippen LogP contribution < -0.4 is 5.32 Å². The zero-order chi connectivity index (χ0) is 14.7. The molecule has 1 aromatic carbocycles. The van der Waals surface area contributed by atoms with Crippen molar-refractivity contribution in [2.45, 2.75) is 19.4 Å². The van der Waals surface area contributed by atoms with Crippen LogP contribution in [0.5, 0.6) is 0 Å². The summed E-state index contributed by atoms with van der Waals surface area (Å²) in [6.45, 7) is 2.66. The summed E-state index contributed by atoms with van der Waals surface area (Å²) in [6, 6.07) is 6.80. The second-order valence-electron chi connectivity index (χ2n) is 5.00. The second-order valence-corrected chi connectivity index (χ2v) is 5.44. The summed E-state index contributed by atoms with van der Waals surface area (Å²) in [5, 5.41) is 12.4. The fraction of sp³-hybridized carbons (Fsp3) is 0.429. The van der Waals surface area contributed by atoms with E-state index in [1.165, 1.54) is 0 Å². The van der Waals surface area contributed by atoms with Gasteiger partial charge < -0.3 is 10.4 Å². The lowest BCUT2D eigenvalue weighted by atomic mass is 10.0. The standard InChI is InChI=1S/C14H17ClN2O3/c1-9-12(14(19)20)5-6-17(9)8-13(18)16-11-4-2-3-10(15)7-11/h2-4,7,9,12H,5-6,8H2,1H3,(H,16,18)(H,19,20). The molecule has 0 radical (unpaired) electrons. The molecule has 108 valence electrons. The molecule has 1 fully saturated rings. The highest BCUT2D eigenvalue weighted by Crippen LogP contribution is 2.24. The molecule has 0 bridgehead atoms. The largest absolute Gasteiger partial charge is 0.481 e. The molecule has 0 saturated carbocycles. The molecule has 5 nitrogen and oxygen atoms in total. The Kier molecular flexibility index (Phi) is 4.62. The molecule has 1 heterocycles. The molecule has 0 aliphatic carbocycles. The molecule has 0 aromatic heterocycles. The van der Waals surface area contributed by atoms with Crippen LogP contribution in [-0.2, 0) is 9.59 Å². The molecule has 2 rings (SSSR count). The first-order chi connectivity index (χ1) is 9.47. The van der Waals surface area contributed by atoms with Crippen LogP contribution in [0.2, 0.25) is 5.02 Å². The van der Waals surface area contributed by atoms with Gasteiger partial charge in [0.1, 0.15) is 0 Å². The van der Waals surface area contributed by atoms with Gasteiger partial charge in [-0.05, 0) is 38.1 Å². The van der Waals surface area contributed by atoms with Crippen LogP contribution in [-0.4, -0.2) is 41.0 Å². The number of nitrogens with zero attached hydrogens (tertiary/aromatic N) is 1. The minimum atomic E-state index is -0.796. The number of aliphatic carboxylic acids is 1. The Balaban J connectivity index is 1.91. The zero-order valence-corrected chi connectivity index (χ0v) is 11.9. The van der Waals surface area contributed by atoms with Gasteiger partial charge in [0.25, 0.3) is 0 Å². The molecular formula is C14H17ClN2O3. The molecule has 2 atom stereocenters. The molecule has 2 unspecified atom stereocenters. The molecule has 1 aromatic rings. The number of benzene rings is 1. The first-order valence-electron chi connectivity index (χ1n) is 6.49. The number of carboxylic acid groups (broad SMARTS) is 1. The number of carbonyl (C=O) groups is 2. The number of amides is 1. The quantitative estimate of drug-likeness (QED) is 0.892. The van der Waals surface area contributed by atoms with E-state index in [-0.39, 0.29) is 18.5 Å². The van der Waals surface area contributed by atoms with Crippen LogP contribution in [0.15, 0.2) is 24.3 Å². The van der Waals surface area contributed by atoms with E-state index in [9.17, 15) is 9.59 Å². The highest BCUT2D eigenvalue weighted by Gasteiger charge is 2.36. The van der Waals surface area contributed by atoms with Crippen LogP contribution >= 0.6 is 11.6 Å². The van der Waals surface area contributed by atoms with Crippen LogP contribution in [0.1, 0.15) is 13.3 Å². The maximum atomic E-state index is 12.0. The minimum absolute atomic E-state index is 0.127. The number of nitrogens with one attached hydrogen (secondary N) is 1. The van der Waals surface area contributed by atoms with Crippen molar-refractivity contribution < 1.29 is 14.7 Å².